The third kappa shape index (κ3) is 4.11. The number of rotatable bonds is 5. The lowest BCUT2D eigenvalue weighted by Crippen LogP contribution is -2.31. The van der Waals surface area contributed by atoms with Crippen molar-refractivity contribution in [2.75, 3.05) is 4.90 Å². The van der Waals surface area contributed by atoms with Crippen LogP contribution >= 0.6 is 0 Å². The normalized spacial score (nSPS) is 10.4. The number of benzene rings is 3. The Balaban J connectivity index is 1.86. The van der Waals surface area contributed by atoms with Gasteiger partial charge in [0.1, 0.15) is 0 Å². The summed E-state index contributed by atoms with van der Waals surface area (Å²) in [6, 6.07) is 28.1. The van der Waals surface area contributed by atoms with Crippen LogP contribution in [0.3, 0.4) is 0 Å². The lowest BCUT2D eigenvalue weighted by atomic mass is 10.1. The molecule has 3 rings (SSSR count). The fourth-order valence-corrected chi connectivity index (χ4v) is 2.68. The van der Waals surface area contributed by atoms with Crippen LogP contribution in [0.15, 0.2) is 84.9 Å². The van der Waals surface area contributed by atoms with Crippen LogP contribution in [0.2, 0.25) is 0 Å². The van der Waals surface area contributed by atoms with E-state index >= 15 is 0 Å². The van der Waals surface area contributed by atoms with Gasteiger partial charge in [0.05, 0.1) is 13.0 Å². The minimum atomic E-state index is 0.105. The minimum Gasteiger partial charge on any atom is -0.308 e. The van der Waals surface area contributed by atoms with Gasteiger partial charge in [0, 0.05) is 5.69 Å². The number of carbonyl (C=O) groups excluding carboxylic acids is 1. The Hall–Kier alpha value is -2.87. The van der Waals surface area contributed by atoms with Crippen molar-refractivity contribution in [3.05, 3.63) is 102 Å². The number of anilines is 1. The lowest BCUT2D eigenvalue weighted by Gasteiger charge is -2.23. The zero-order chi connectivity index (χ0) is 16.8. The Kier molecular flexibility index (Phi) is 5.07. The highest BCUT2D eigenvalue weighted by molar-refractivity contribution is 5.94. The maximum Gasteiger partial charge on any atom is 0.231 e. The van der Waals surface area contributed by atoms with Crippen molar-refractivity contribution in [1.29, 1.82) is 0 Å². The molecular weight excluding hydrogens is 294 g/mol. The first-order chi connectivity index (χ1) is 11.7. The Morgan fingerprint density at radius 3 is 1.88 bits per heavy atom. The van der Waals surface area contributed by atoms with Gasteiger partial charge in [0.15, 0.2) is 0 Å². The van der Waals surface area contributed by atoms with E-state index in [-0.39, 0.29) is 5.91 Å². The van der Waals surface area contributed by atoms with E-state index in [4.69, 9.17) is 0 Å². The SMILES string of the molecule is Cc1ccc(N(Cc2ccccc2)C(=O)Cc2ccccc2)cc1. The molecule has 2 heteroatoms. The van der Waals surface area contributed by atoms with Crippen LogP contribution < -0.4 is 4.90 Å². The minimum absolute atomic E-state index is 0.105. The van der Waals surface area contributed by atoms with Gasteiger partial charge >= 0.3 is 0 Å². The molecule has 0 aromatic heterocycles. The van der Waals surface area contributed by atoms with Gasteiger partial charge in [-0.2, -0.15) is 0 Å². The van der Waals surface area contributed by atoms with Crippen molar-refractivity contribution >= 4 is 11.6 Å². The first-order valence-corrected chi connectivity index (χ1v) is 8.17. The Bertz CT molecular complexity index is 779. The second-order valence-electron chi connectivity index (χ2n) is 5.96. The quantitative estimate of drug-likeness (QED) is 0.664. The zero-order valence-corrected chi connectivity index (χ0v) is 13.9. The monoisotopic (exact) mass is 315 g/mol. The molecule has 0 bridgehead atoms. The van der Waals surface area contributed by atoms with Gasteiger partial charge in [0.25, 0.3) is 0 Å². The second kappa shape index (κ2) is 7.60. The number of hydrogen-bond acceptors (Lipinski definition) is 1. The fourth-order valence-electron chi connectivity index (χ4n) is 2.68. The smallest absolute Gasteiger partial charge is 0.231 e. The van der Waals surface area contributed by atoms with E-state index in [0.717, 1.165) is 16.8 Å². The molecule has 0 fully saturated rings. The van der Waals surface area contributed by atoms with Gasteiger partial charge in [-0.25, -0.2) is 0 Å². The molecule has 3 aromatic rings. The summed E-state index contributed by atoms with van der Waals surface area (Å²) in [5.74, 6) is 0.105. The number of nitrogens with zero attached hydrogens (tertiary/aromatic N) is 1. The number of carbonyl (C=O) groups is 1. The van der Waals surface area contributed by atoms with Crippen molar-refractivity contribution in [2.24, 2.45) is 0 Å². The van der Waals surface area contributed by atoms with E-state index < -0.39 is 0 Å². The van der Waals surface area contributed by atoms with Gasteiger partial charge in [-0.3, -0.25) is 4.79 Å². The molecule has 0 atom stereocenters. The largest absolute Gasteiger partial charge is 0.308 e. The zero-order valence-electron chi connectivity index (χ0n) is 13.9. The van der Waals surface area contributed by atoms with Crippen LogP contribution in [0.4, 0.5) is 5.69 Å². The van der Waals surface area contributed by atoms with E-state index in [1.807, 2.05) is 77.7 Å². The summed E-state index contributed by atoms with van der Waals surface area (Å²) in [4.78, 5) is 14.8. The topological polar surface area (TPSA) is 20.3 Å². The maximum atomic E-state index is 12.9. The first kappa shape index (κ1) is 16.0. The van der Waals surface area contributed by atoms with E-state index in [0.29, 0.717) is 13.0 Å². The van der Waals surface area contributed by atoms with Crippen LogP contribution in [0.1, 0.15) is 16.7 Å². The van der Waals surface area contributed by atoms with E-state index in [1.165, 1.54) is 5.56 Å². The Morgan fingerprint density at radius 1 is 0.750 bits per heavy atom. The Morgan fingerprint density at radius 2 is 1.29 bits per heavy atom. The van der Waals surface area contributed by atoms with Crippen LogP contribution in [-0.4, -0.2) is 5.91 Å². The van der Waals surface area contributed by atoms with Crippen molar-refractivity contribution in [2.45, 2.75) is 19.9 Å². The maximum absolute atomic E-state index is 12.9. The number of aryl methyl sites for hydroxylation is 1. The summed E-state index contributed by atoms with van der Waals surface area (Å²) in [5, 5.41) is 0. The number of amides is 1. The predicted octanol–water partition coefficient (Wildman–Crippen LogP) is 4.77. The van der Waals surface area contributed by atoms with E-state index in [2.05, 4.69) is 19.1 Å². The molecule has 0 heterocycles. The third-order valence-electron chi connectivity index (χ3n) is 4.03. The molecule has 0 saturated heterocycles. The summed E-state index contributed by atoms with van der Waals surface area (Å²) in [6.07, 6.45) is 0.404. The summed E-state index contributed by atoms with van der Waals surface area (Å²) in [7, 11) is 0. The molecule has 0 saturated carbocycles. The highest BCUT2D eigenvalue weighted by atomic mass is 16.2. The molecule has 2 nitrogen and oxygen atoms in total. The predicted molar refractivity (Wildman–Crippen MR) is 99.0 cm³/mol. The van der Waals surface area contributed by atoms with Crippen LogP contribution in [0, 0.1) is 6.92 Å². The highest BCUT2D eigenvalue weighted by Crippen LogP contribution is 2.19. The molecule has 24 heavy (non-hydrogen) atoms. The second-order valence-corrected chi connectivity index (χ2v) is 5.96. The Labute approximate surface area is 143 Å². The van der Waals surface area contributed by atoms with Crippen LogP contribution in [0.25, 0.3) is 0 Å². The van der Waals surface area contributed by atoms with E-state index in [1.54, 1.807) is 0 Å². The molecule has 120 valence electrons. The molecule has 1 amide bonds. The average molecular weight is 315 g/mol. The van der Waals surface area contributed by atoms with Crippen molar-refractivity contribution in [1.82, 2.24) is 0 Å². The molecule has 0 radical (unpaired) electrons. The van der Waals surface area contributed by atoms with Gasteiger partial charge < -0.3 is 4.90 Å². The molecule has 0 spiro atoms. The van der Waals surface area contributed by atoms with Gasteiger partial charge in [0.2, 0.25) is 5.91 Å². The average Bonchev–Trinajstić information content (AvgIpc) is 2.62. The molecule has 0 unspecified atom stereocenters. The van der Waals surface area contributed by atoms with Crippen molar-refractivity contribution in [3.63, 3.8) is 0 Å². The summed E-state index contributed by atoms with van der Waals surface area (Å²) in [6.45, 7) is 2.63. The molecule has 0 aliphatic rings. The summed E-state index contributed by atoms with van der Waals surface area (Å²) in [5.41, 5.74) is 4.28. The fraction of sp³-hybridized carbons (Fsp3) is 0.136. The summed E-state index contributed by atoms with van der Waals surface area (Å²) >= 11 is 0. The number of hydrogen-bond donors (Lipinski definition) is 0. The van der Waals surface area contributed by atoms with Gasteiger partial charge in [-0.05, 0) is 30.2 Å². The van der Waals surface area contributed by atoms with Gasteiger partial charge in [-0.1, -0.05) is 78.4 Å². The van der Waals surface area contributed by atoms with Crippen LogP contribution in [0.5, 0.6) is 0 Å². The molecule has 0 aliphatic carbocycles. The van der Waals surface area contributed by atoms with Gasteiger partial charge in [-0.15, -0.1) is 0 Å². The van der Waals surface area contributed by atoms with E-state index in [9.17, 15) is 4.79 Å². The van der Waals surface area contributed by atoms with Crippen molar-refractivity contribution < 1.29 is 4.79 Å². The summed E-state index contributed by atoms with van der Waals surface area (Å²) < 4.78 is 0. The molecule has 3 aromatic carbocycles. The van der Waals surface area contributed by atoms with Crippen molar-refractivity contribution in [3.8, 4) is 0 Å². The standard InChI is InChI=1S/C22H21NO/c1-18-12-14-21(15-13-18)23(17-20-10-6-3-7-11-20)22(24)16-19-8-4-2-5-9-19/h2-15H,16-17H2,1H3. The lowest BCUT2D eigenvalue weighted by molar-refractivity contribution is -0.118. The first-order valence-electron chi connectivity index (χ1n) is 8.17. The van der Waals surface area contributed by atoms with Crippen LogP contribution in [-0.2, 0) is 17.8 Å². The highest BCUT2D eigenvalue weighted by Gasteiger charge is 2.16. The molecule has 0 N–H and O–H groups in total. The third-order valence-corrected chi connectivity index (χ3v) is 4.03. The molecule has 0 aliphatic heterocycles. The molecular formula is C22H21NO.